The van der Waals surface area contributed by atoms with Crippen LogP contribution >= 0.6 is 0 Å². The zero-order chi connectivity index (χ0) is 5.82. The number of rotatable bonds is 1. The van der Waals surface area contributed by atoms with Gasteiger partial charge in [-0.15, -0.1) is 0 Å². The Morgan fingerprint density at radius 1 is 1.11 bits per heavy atom. The normalized spacial score (nSPS) is 8.11. The van der Waals surface area contributed by atoms with Gasteiger partial charge in [-0.2, -0.15) is 0 Å². The largest absolute Gasteiger partial charge is 0.269 e. The minimum absolute atomic E-state index is 0. The molecule has 0 atom stereocenters. The summed E-state index contributed by atoms with van der Waals surface area (Å²) in [5, 5.41) is 0. The van der Waals surface area contributed by atoms with Crippen molar-refractivity contribution in [3.8, 4) is 0 Å². The number of alkyl halides is 1. The van der Waals surface area contributed by atoms with Crippen molar-refractivity contribution in [2.75, 3.05) is 0 Å². The zero-order valence-electron chi connectivity index (χ0n) is 4.88. The fourth-order valence-electron chi connectivity index (χ4n) is 0.567. The molecule has 0 aromatic heterocycles. The molecule has 0 saturated carbocycles. The van der Waals surface area contributed by atoms with Crippen LogP contribution in [0.1, 0.15) is 5.56 Å². The molecule has 0 aliphatic heterocycles. The van der Waals surface area contributed by atoms with E-state index >= 15 is 0 Å². The first kappa shape index (κ1) is 8.08. The van der Waals surface area contributed by atoms with Gasteiger partial charge in [0.15, 0.2) is 0 Å². The Morgan fingerprint density at radius 3 is 2.00 bits per heavy atom. The molecular formula is C7H8F2. The van der Waals surface area contributed by atoms with E-state index in [4.69, 9.17) is 0 Å². The Balaban J connectivity index is 0.000000640. The average Bonchev–Trinajstić information content (AvgIpc) is 1.90. The van der Waals surface area contributed by atoms with Crippen molar-refractivity contribution >= 4 is 0 Å². The maximum absolute atomic E-state index is 11.7. The van der Waals surface area contributed by atoms with Crippen LogP contribution in [0.3, 0.4) is 0 Å². The summed E-state index contributed by atoms with van der Waals surface area (Å²) >= 11 is 0. The Labute approximate surface area is 52.7 Å². The van der Waals surface area contributed by atoms with E-state index in [-0.39, 0.29) is 11.4 Å². The summed E-state index contributed by atoms with van der Waals surface area (Å²) in [4.78, 5) is 0. The molecule has 2 heteroatoms. The Kier molecular flexibility index (Phi) is 3.60. The van der Waals surface area contributed by atoms with Gasteiger partial charge in [0.05, 0.1) is 0 Å². The molecule has 1 aromatic carbocycles. The molecule has 0 unspecified atom stereocenters. The van der Waals surface area contributed by atoms with E-state index in [2.05, 4.69) is 0 Å². The van der Waals surface area contributed by atoms with Crippen LogP contribution in [0.5, 0.6) is 0 Å². The smallest absolute Gasteiger partial charge is 0.115 e. The minimum atomic E-state index is -0.360. The summed E-state index contributed by atoms with van der Waals surface area (Å²) < 4.78 is 11.7. The lowest BCUT2D eigenvalue weighted by atomic mass is 10.2. The molecule has 0 nitrogen and oxygen atoms in total. The number of hydrogen-bond acceptors (Lipinski definition) is 0. The van der Waals surface area contributed by atoms with Crippen LogP contribution in [0.2, 0.25) is 0 Å². The fraction of sp³-hybridized carbons (Fsp3) is 0.143. The van der Waals surface area contributed by atoms with Crippen LogP contribution in [0, 0.1) is 0 Å². The van der Waals surface area contributed by atoms with Gasteiger partial charge in [0.25, 0.3) is 0 Å². The van der Waals surface area contributed by atoms with E-state index in [1.54, 1.807) is 12.1 Å². The van der Waals surface area contributed by atoms with Crippen LogP contribution in [0.15, 0.2) is 30.3 Å². The lowest BCUT2D eigenvalue weighted by Crippen LogP contribution is -1.72. The van der Waals surface area contributed by atoms with Crippen molar-refractivity contribution in [3.05, 3.63) is 35.9 Å². The van der Waals surface area contributed by atoms with Gasteiger partial charge in [-0.1, -0.05) is 30.3 Å². The molecule has 50 valence electrons. The van der Waals surface area contributed by atoms with Crippen molar-refractivity contribution < 1.29 is 9.09 Å². The van der Waals surface area contributed by atoms with Crippen molar-refractivity contribution in [3.63, 3.8) is 0 Å². The predicted octanol–water partition coefficient (Wildman–Crippen LogP) is 2.31. The molecule has 0 N–H and O–H groups in total. The third-order valence-electron chi connectivity index (χ3n) is 0.997. The van der Waals surface area contributed by atoms with Gasteiger partial charge in [-0.3, -0.25) is 4.70 Å². The number of benzene rings is 1. The van der Waals surface area contributed by atoms with Crippen LogP contribution in [-0.2, 0) is 6.67 Å². The number of halogens is 2. The van der Waals surface area contributed by atoms with E-state index in [1.807, 2.05) is 18.2 Å². The van der Waals surface area contributed by atoms with Gasteiger partial charge in [0.2, 0.25) is 0 Å². The molecule has 0 aliphatic rings. The molecule has 0 radical (unpaired) electrons. The van der Waals surface area contributed by atoms with Gasteiger partial charge in [-0.05, 0) is 5.56 Å². The lowest BCUT2D eigenvalue weighted by Gasteiger charge is -1.87. The first-order valence-corrected chi connectivity index (χ1v) is 2.53. The van der Waals surface area contributed by atoms with E-state index in [1.165, 1.54) is 0 Å². The minimum Gasteiger partial charge on any atom is -0.269 e. The molecule has 0 spiro atoms. The Hall–Kier alpha value is -0.920. The highest BCUT2D eigenvalue weighted by molar-refractivity contribution is 5.13. The van der Waals surface area contributed by atoms with Crippen LogP contribution in [0.4, 0.5) is 9.09 Å². The van der Waals surface area contributed by atoms with Gasteiger partial charge < -0.3 is 0 Å². The highest BCUT2D eigenvalue weighted by Gasteiger charge is 1.82. The standard InChI is InChI=1S/C7H7F.FH/c8-6-7-4-2-1-3-5-7;/h1-5H,6H2;1H. The van der Waals surface area contributed by atoms with E-state index in [0.29, 0.717) is 0 Å². The molecule has 0 aliphatic carbocycles. The average molecular weight is 130 g/mol. The van der Waals surface area contributed by atoms with Gasteiger partial charge >= 0.3 is 0 Å². The Morgan fingerprint density at radius 2 is 1.67 bits per heavy atom. The van der Waals surface area contributed by atoms with Crippen molar-refractivity contribution in [2.24, 2.45) is 0 Å². The SMILES string of the molecule is F.FCc1ccccc1. The molecule has 0 fully saturated rings. The zero-order valence-corrected chi connectivity index (χ0v) is 4.88. The van der Waals surface area contributed by atoms with Crippen LogP contribution in [0.25, 0.3) is 0 Å². The first-order chi connectivity index (χ1) is 3.93. The maximum atomic E-state index is 11.7. The Bertz CT molecular complexity index is 148. The highest BCUT2D eigenvalue weighted by atomic mass is 19.1. The second kappa shape index (κ2) is 4.01. The molecule has 0 heterocycles. The fourth-order valence-corrected chi connectivity index (χ4v) is 0.567. The van der Waals surface area contributed by atoms with Gasteiger partial charge in [-0.25, -0.2) is 4.39 Å². The van der Waals surface area contributed by atoms with Crippen molar-refractivity contribution in [1.82, 2.24) is 0 Å². The third kappa shape index (κ3) is 2.22. The first-order valence-electron chi connectivity index (χ1n) is 2.53. The summed E-state index contributed by atoms with van der Waals surface area (Å²) in [6.07, 6.45) is 0. The highest BCUT2D eigenvalue weighted by Crippen LogP contribution is 1.98. The summed E-state index contributed by atoms with van der Waals surface area (Å²) in [6, 6.07) is 9.06. The topological polar surface area (TPSA) is 0 Å². The van der Waals surface area contributed by atoms with E-state index < -0.39 is 0 Å². The summed E-state index contributed by atoms with van der Waals surface area (Å²) in [7, 11) is 0. The van der Waals surface area contributed by atoms with Gasteiger partial charge in [0.1, 0.15) is 6.67 Å². The second-order valence-electron chi connectivity index (χ2n) is 1.62. The summed E-state index contributed by atoms with van der Waals surface area (Å²) in [6.45, 7) is -0.360. The van der Waals surface area contributed by atoms with Crippen molar-refractivity contribution in [1.29, 1.82) is 0 Å². The van der Waals surface area contributed by atoms with E-state index in [0.717, 1.165) is 5.56 Å². The molecule has 0 saturated heterocycles. The quantitative estimate of drug-likeness (QED) is 0.547. The molecule has 0 bridgehead atoms. The van der Waals surface area contributed by atoms with E-state index in [9.17, 15) is 4.39 Å². The van der Waals surface area contributed by atoms with Gasteiger partial charge in [0, 0.05) is 0 Å². The maximum Gasteiger partial charge on any atom is 0.115 e. The van der Waals surface area contributed by atoms with Crippen LogP contribution < -0.4 is 0 Å². The predicted molar refractivity (Wildman–Crippen MR) is 33.8 cm³/mol. The van der Waals surface area contributed by atoms with Crippen LogP contribution in [-0.4, -0.2) is 0 Å². The van der Waals surface area contributed by atoms with Crippen molar-refractivity contribution in [2.45, 2.75) is 6.67 Å². The number of hydrogen-bond donors (Lipinski definition) is 0. The monoisotopic (exact) mass is 130 g/mol. The summed E-state index contributed by atoms with van der Waals surface area (Å²) in [5.74, 6) is 0. The lowest BCUT2D eigenvalue weighted by molar-refractivity contribution is 0.485. The molecule has 9 heavy (non-hydrogen) atoms. The molecule has 1 aromatic rings. The second-order valence-corrected chi connectivity index (χ2v) is 1.62. The molecule has 0 amide bonds. The summed E-state index contributed by atoms with van der Waals surface area (Å²) in [5.41, 5.74) is 0.743. The molecule has 1 rings (SSSR count). The third-order valence-corrected chi connectivity index (χ3v) is 0.997. The molecular weight excluding hydrogens is 122 g/mol.